The molecule has 43 heavy (non-hydrogen) atoms. The molecule has 14 heteroatoms. The zero-order chi connectivity index (χ0) is 32.1. The Hall–Kier alpha value is -2.96. The summed E-state index contributed by atoms with van der Waals surface area (Å²) in [6.45, 7) is 5.76. The molecule has 0 aliphatic heterocycles. The summed E-state index contributed by atoms with van der Waals surface area (Å²) >= 11 is 13.3. The molecule has 3 rings (SSSR count). The quantitative estimate of drug-likeness (QED) is 0.148. The van der Waals surface area contributed by atoms with Gasteiger partial charge in [0.1, 0.15) is 16.9 Å². The summed E-state index contributed by atoms with van der Waals surface area (Å²) in [6, 6.07) is 12.2. The average Bonchev–Trinajstić information content (AvgIpc) is 3.27. The van der Waals surface area contributed by atoms with E-state index in [9.17, 15) is 27.6 Å². The number of benzene rings is 2. The number of alkyl halides is 3. The number of aromatic nitrogens is 3. The Labute approximate surface area is 263 Å². The van der Waals surface area contributed by atoms with E-state index >= 15 is 0 Å². The number of aryl methyl sites for hydroxylation is 1. The van der Waals surface area contributed by atoms with Gasteiger partial charge in [-0.25, -0.2) is 13.8 Å². The second-order valence-electron chi connectivity index (χ2n) is 9.24. The van der Waals surface area contributed by atoms with E-state index in [1.165, 1.54) is 24.2 Å². The van der Waals surface area contributed by atoms with Crippen molar-refractivity contribution in [3.63, 3.8) is 0 Å². The first-order valence-electron chi connectivity index (χ1n) is 13.7. The van der Waals surface area contributed by atoms with Crippen LogP contribution in [0.5, 0.6) is 0 Å². The summed E-state index contributed by atoms with van der Waals surface area (Å²) < 4.78 is 45.5. The van der Waals surface area contributed by atoms with E-state index in [1.807, 2.05) is 23.1 Å². The highest BCUT2D eigenvalue weighted by Gasteiger charge is 2.23. The van der Waals surface area contributed by atoms with Gasteiger partial charge < -0.3 is 9.64 Å². The van der Waals surface area contributed by atoms with Crippen molar-refractivity contribution in [1.82, 2.24) is 19.2 Å². The molecule has 1 amide bonds. The topological polar surface area (TPSA) is 86.4 Å². The largest absolute Gasteiger partial charge is 0.465 e. The van der Waals surface area contributed by atoms with Gasteiger partial charge in [-0.15, -0.1) is 16.7 Å². The first kappa shape index (κ1) is 36.2. The van der Waals surface area contributed by atoms with E-state index in [0.717, 1.165) is 43.8 Å². The van der Waals surface area contributed by atoms with Crippen molar-refractivity contribution < 1.29 is 27.5 Å². The van der Waals surface area contributed by atoms with E-state index in [2.05, 4.69) is 31.1 Å². The summed E-state index contributed by atoms with van der Waals surface area (Å²) in [7, 11) is 0. The highest BCUT2D eigenvalue weighted by molar-refractivity contribution is 8.12. The molecule has 3 aromatic rings. The molecule has 0 fully saturated rings. The predicted molar refractivity (Wildman–Crippen MR) is 164 cm³/mol. The van der Waals surface area contributed by atoms with Crippen LogP contribution in [0.4, 0.5) is 18.0 Å². The summed E-state index contributed by atoms with van der Waals surface area (Å²) in [5.41, 5.74) is -0.159. The SMILES string of the molecule is CCCN(CCC)C(=O)SCc1ccccc1.CCOC(=O)C(Cl)Cc1cc(-n2nc(C)n(C(F)F)c2=O)c(F)cc1Cl. The van der Waals surface area contributed by atoms with Gasteiger partial charge in [-0.1, -0.05) is 67.5 Å². The lowest BCUT2D eigenvalue weighted by molar-refractivity contribution is -0.142. The third kappa shape index (κ3) is 10.6. The Balaban J connectivity index is 0.000000329. The predicted octanol–water partition coefficient (Wildman–Crippen LogP) is 7.40. The summed E-state index contributed by atoms with van der Waals surface area (Å²) in [5, 5.41) is 2.73. The number of ether oxygens (including phenoxy) is 1. The second-order valence-corrected chi connectivity index (χ2v) is 11.1. The molecule has 0 radical (unpaired) electrons. The molecular weight excluding hydrogens is 628 g/mol. The number of hydrogen-bond donors (Lipinski definition) is 0. The number of nitrogens with zero attached hydrogens (tertiary/aromatic N) is 4. The number of amides is 1. The standard InChI is InChI=1S/C15H14Cl2F3N3O3.C14H21NOS/c1-3-26-13(24)10(17)4-8-5-12(11(18)6-9(8)16)23-15(25)22(14(19)20)7(2)21-23;1-3-10-15(11-4-2)14(16)17-12-13-8-6-5-7-9-13/h5-6,10,14H,3-4H2,1-2H3;5-9H,3-4,10-12H2,1-2H3. The number of halogens is 5. The van der Waals surface area contributed by atoms with Gasteiger partial charge in [-0.2, -0.15) is 13.5 Å². The van der Waals surface area contributed by atoms with Crippen molar-refractivity contribution in [2.75, 3.05) is 19.7 Å². The van der Waals surface area contributed by atoms with Crippen molar-refractivity contribution in [2.24, 2.45) is 0 Å². The van der Waals surface area contributed by atoms with E-state index in [0.29, 0.717) is 4.68 Å². The average molecular weight is 664 g/mol. The zero-order valence-electron chi connectivity index (χ0n) is 24.4. The van der Waals surface area contributed by atoms with Crippen LogP contribution >= 0.6 is 35.0 Å². The molecule has 0 bridgehead atoms. The summed E-state index contributed by atoms with van der Waals surface area (Å²) in [4.78, 5) is 37.6. The Morgan fingerprint density at radius 1 is 1.09 bits per heavy atom. The molecule has 0 aliphatic rings. The molecule has 0 aliphatic carbocycles. The molecule has 0 saturated heterocycles. The van der Waals surface area contributed by atoms with Gasteiger partial charge in [-0.05, 0) is 49.9 Å². The summed E-state index contributed by atoms with van der Waals surface area (Å²) in [6.07, 6.45) is 1.94. The molecule has 0 N–H and O–H groups in total. The number of esters is 1. The molecule has 2 aromatic carbocycles. The van der Waals surface area contributed by atoms with Crippen LogP contribution in [-0.2, 0) is 21.7 Å². The molecule has 236 valence electrons. The minimum Gasteiger partial charge on any atom is -0.465 e. The maximum atomic E-state index is 14.2. The number of rotatable bonds is 12. The zero-order valence-corrected chi connectivity index (χ0v) is 26.7. The van der Waals surface area contributed by atoms with Crippen LogP contribution in [0.15, 0.2) is 47.3 Å². The van der Waals surface area contributed by atoms with E-state index in [4.69, 9.17) is 27.9 Å². The number of carbonyl (C=O) groups excluding carboxylic acids is 2. The van der Waals surface area contributed by atoms with Gasteiger partial charge in [0.25, 0.3) is 5.24 Å². The van der Waals surface area contributed by atoms with Gasteiger partial charge in [0.15, 0.2) is 5.82 Å². The normalized spacial score (nSPS) is 11.6. The fourth-order valence-corrected chi connectivity index (χ4v) is 5.22. The Morgan fingerprint density at radius 2 is 1.72 bits per heavy atom. The fourth-order valence-electron chi connectivity index (χ4n) is 3.91. The smallest absolute Gasteiger partial charge is 0.355 e. The Morgan fingerprint density at radius 3 is 2.26 bits per heavy atom. The van der Waals surface area contributed by atoms with Crippen LogP contribution in [-0.4, -0.2) is 55.5 Å². The molecule has 8 nitrogen and oxygen atoms in total. The van der Waals surface area contributed by atoms with Crippen molar-refractivity contribution in [3.8, 4) is 5.69 Å². The van der Waals surface area contributed by atoms with Gasteiger partial charge in [0.05, 0.1) is 6.61 Å². The van der Waals surface area contributed by atoms with Crippen LogP contribution < -0.4 is 5.69 Å². The Kier molecular flexibility index (Phi) is 15.2. The van der Waals surface area contributed by atoms with Gasteiger partial charge in [-0.3, -0.25) is 9.59 Å². The van der Waals surface area contributed by atoms with Crippen LogP contribution in [0.2, 0.25) is 5.02 Å². The summed E-state index contributed by atoms with van der Waals surface area (Å²) in [5.74, 6) is -1.15. The molecule has 1 atom stereocenters. The first-order chi connectivity index (χ1) is 20.4. The highest BCUT2D eigenvalue weighted by atomic mass is 35.5. The Bertz CT molecular complexity index is 1400. The van der Waals surface area contributed by atoms with E-state index in [1.54, 1.807) is 6.92 Å². The third-order valence-corrected chi connectivity index (χ3v) is 7.58. The minimum absolute atomic E-state index is 0.0424. The molecule has 1 heterocycles. The number of carbonyl (C=O) groups is 2. The van der Waals surface area contributed by atoms with Crippen LogP contribution in [0.3, 0.4) is 0 Å². The van der Waals surface area contributed by atoms with E-state index in [-0.39, 0.29) is 44.9 Å². The number of hydrogen-bond acceptors (Lipinski definition) is 6. The van der Waals surface area contributed by atoms with Crippen molar-refractivity contribution >= 4 is 46.2 Å². The molecule has 0 saturated carbocycles. The molecular formula is C29H35Cl2F3N4O4S. The van der Waals surface area contributed by atoms with Gasteiger partial charge in [0.2, 0.25) is 0 Å². The van der Waals surface area contributed by atoms with Crippen LogP contribution in [0, 0.1) is 12.7 Å². The van der Waals surface area contributed by atoms with Gasteiger partial charge >= 0.3 is 18.2 Å². The monoisotopic (exact) mass is 662 g/mol. The molecule has 1 unspecified atom stereocenters. The third-order valence-electron chi connectivity index (χ3n) is 5.91. The van der Waals surface area contributed by atoms with Crippen molar-refractivity contribution in [2.45, 2.75) is 64.6 Å². The van der Waals surface area contributed by atoms with Gasteiger partial charge in [0, 0.05) is 30.3 Å². The lowest BCUT2D eigenvalue weighted by Gasteiger charge is -2.20. The number of thioether (sulfide) groups is 1. The highest BCUT2D eigenvalue weighted by Crippen LogP contribution is 2.25. The first-order valence-corrected chi connectivity index (χ1v) is 15.5. The maximum absolute atomic E-state index is 14.2. The van der Waals surface area contributed by atoms with Crippen molar-refractivity contribution in [1.29, 1.82) is 0 Å². The molecule has 1 aromatic heterocycles. The van der Waals surface area contributed by atoms with Crippen LogP contribution in [0.25, 0.3) is 5.69 Å². The van der Waals surface area contributed by atoms with Crippen LogP contribution in [0.1, 0.15) is 57.1 Å². The van der Waals surface area contributed by atoms with E-state index < -0.39 is 29.4 Å². The second kappa shape index (κ2) is 18.0. The molecule has 0 spiro atoms. The lowest BCUT2D eigenvalue weighted by Crippen LogP contribution is -2.29. The maximum Gasteiger partial charge on any atom is 0.355 e. The van der Waals surface area contributed by atoms with Crippen molar-refractivity contribution in [3.05, 3.63) is 80.7 Å². The lowest BCUT2D eigenvalue weighted by atomic mass is 10.1. The fraction of sp³-hybridized carbons (Fsp3) is 0.448. The minimum atomic E-state index is -3.12.